The lowest BCUT2D eigenvalue weighted by Gasteiger charge is -2.08. The fourth-order valence-electron chi connectivity index (χ4n) is 3.26. The highest BCUT2D eigenvalue weighted by molar-refractivity contribution is 6.09. The van der Waals surface area contributed by atoms with E-state index in [2.05, 4.69) is 53.1 Å². The Balaban J connectivity index is 1.87. The minimum Gasteiger partial charge on any atom is -0.399 e. The molecular weight excluding hydrogens is 282 g/mol. The van der Waals surface area contributed by atoms with Crippen molar-refractivity contribution in [1.82, 2.24) is 4.57 Å². The van der Waals surface area contributed by atoms with Crippen LogP contribution in [0.4, 0.5) is 11.4 Å². The van der Waals surface area contributed by atoms with E-state index in [4.69, 9.17) is 11.5 Å². The van der Waals surface area contributed by atoms with Crippen LogP contribution in [0.3, 0.4) is 0 Å². The van der Waals surface area contributed by atoms with E-state index < -0.39 is 0 Å². The number of aromatic nitrogens is 1. The van der Waals surface area contributed by atoms with Crippen LogP contribution >= 0.6 is 0 Å². The maximum absolute atomic E-state index is 6.01. The summed E-state index contributed by atoms with van der Waals surface area (Å²) in [6, 6.07) is 22.8. The first kappa shape index (κ1) is 13.7. The van der Waals surface area contributed by atoms with Crippen molar-refractivity contribution in [3.8, 4) is 0 Å². The molecule has 3 aromatic carbocycles. The Labute approximate surface area is 135 Å². The molecule has 0 aliphatic carbocycles. The van der Waals surface area contributed by atoms with Crippen LogP contribution in [-0.4, -0.2) is 4.57 Å². The first-order valence-corrected chi connectivity index (χ1v) is 7.83. The number of nitrogens with zero attached hydrogens (tertiary/aromatic N) is 1. The van der Waals surface area contributed by atoms with E-state index in [1.165, 1.54) is 27.4 Å². The van der Waals surface area contributed by atoms with Gasteiger partial charge in [-0.15, -0.1) is 0 Å². The van der Waals surface area contributed by atoms with Gasteiger partial charge in [0.25, 0.3) is 0 Å². The Hall–Kier alpha value is -2.94. The summed E-state index contributed by atoms with van der Waals surface area (Å²) in [5.41, 5.74) is 17.3. The SMILES string of the molecule is Nc1ccc2c3ccc(N)cc3n(CCc3ccccc3)c2c1. The van der Waals surface area contributed by atoms with Gasteiger partial charge in [0.2, 0.25) is 0 Å². The molecule has 3 heteroatoms. The van der Waals surface area contributed by atoms with Crippen molar-refractivity contribution in [2.45, 2.75) is 13.0 Å². The van der Waals surface area contributed by atoms with Crippen molar-refractivity contribution in [2.24, 2.45) is 0 Å². The predicted octanol–water partition coefficient (Wildman–Crippen LogP) is 4.20. The quantitative estimate of drug-likeness (QED) is 0.557. The maximum atomic E-state index is 6.01. The highest BCUT2D eigenvalue weighted by Crippen LogP contribution is 2.31. The van der Waals surface area contributed by atoms with Crippen molar-refractivity contribution >= 4 is 33.2 Å². The van der Waals surface area contributed by atoms with Crippen molar-refractivity contribution in [1.29, 1.82) is 0 Å². The molecule has 0 fully saturated rings. The molecule has 4 rings (SSSR count). The second-order valence-electron chi connectivity index (χ2n) is 5.94. The largest absolute Gasteiger partial charge is 0.399 e. The van der Waals surface area contributed by atoms with E-state index in [0.717, 1.165) is 24.3 Å². The van der Waals surface area contributed by atoms with Gasteiger partial charge in [-0.25, -0.2) is 0 Å². The van der Waals surface area contributed by atoms with E-state index in [-0.39, 0.29) is 0 Å². The molecule has 0 saturated heterocycles. The van der Waals surface area contributed by atoms with Gasteiger partial charge < -0.3 is 16.0 Å². The Kier molecular flexibility index (Phi) is 3.19. The summed E-state index contributed by atoms with van der Waals surface area (Å²) in [4.78, 5) is 0. The van der Waals surface area contributed by atoms with Crippen molar-refractivity contribution in [3.05, 3.63) is 72.3 Å². The fourth-order valence-corrected chi connectivity index (χ4v) is 3.26. The van der Waals surface area contributed by atoms with Crippen LogP contribution in [-0.2, 0) is 13.0 Å². The van der Waals surface area contributed by atoms with Gasteiger partial charge in [0.15, 0.2) is 0 Å². The molecule has 0 aliphatic rings. The summed E-state index contributed by atoms with van der Waals surface area (Å²) in [5.74, 6) is 0. The molecule has 1 heterocycles. The van der Waals surface area contributed by atoms with Gasteiger partial charge in [0, 0.05) is 28.7 Å². The van der Waals surface area contributed by atoms with E-state index in [9.17, 15) is 0 Å². The lowest BCUT2D eigenvalue weighted by atomic mass is 10.1. The van der Waals surface area contributed by atoms with Crippen molar-refractivity contribution in [2.75, 3.05) is 11.5 Å². The molecule has 0 radical (unpaired) electrons. The zero-order valence-electron chi connectivity index (χ0n) is 12.9. The zero-order chi connectivity index (χ0) is 15.8. The second-order valence-corrected chi connectivity index (χ2v) is 5.94. The molecule has 0 amide bonds. The van der Waals surface area contributed by atoms with Crippen LogP contribution in [0.1, 0.15) is 5.56 Å². The molecule has 4 N–H and O–H groups in total. The molecule has 23 heavy (non-hydrogen) atoms. The molecule has 114 valence electrons. The van der Waals surface area contributed by atoms with Crippen LogP contribution in [0, 0.1) is 0 Å². The molecule has 3 nitrogen and oxygen atoms in total. The molecule has 0 saturated carbocycles. The molecule has 0 aliphatic heterocycles. The number of rotatable bonds is 3. The van der Waals surface area contributed by atoms with Crippen LogP contribution in [0.25, 0.3) is 21.8 Å². The van der Waals surface area contributed by atoms with Gasteiger partial charge in [0.1, 0.15) is 0 Å². The number of nitrogens with two attached hydrogens (primary N) is 2. The van der Waals surface area contributed by atoms with E-state index in [1.807, 2.05) is 18.2 Å². The van der Waals surface area contributed by atoms with E-state index in [1.54, 1.807) is 0 Å². The van der Waals surface area contributed by atoms with Gasteiger partial charge in [-0.05, 0) is 36.2 Å². The Morgan fingerprint density at radius 1 is 0.696 bits per heavy atom. The third kappa shape index (κ3) is 2.40. The number of nitrogen functional groups attached to an aromatic ring is 2. The van der Waals surface area contributed by atoms with Crippen LogP contribution in [0.2, 0.25) is 0 Å². The maximum Gasteiger partial charge on any atom is 0.0512 e. The van der Waals surface area contributed by atoms with Gasteiger partial charge in [-0.1, -0.05) is 42.5 Å². The first-order chi connectivity index (χ1) is 11.2. The molecule has 0 bridgehead atoms. The summed E-state index contributed by atoms with van der Waals surface area (Å²) in [7, 11) is 0. The number of benzene rings is 3. The van der Waals surface area contributed by atoms with Crippen LogP contribution in [0.15, 0.2) is 66.7 Å². The minimum atomic E-state index is 0.786. The minimum absolute atomic E-state index is 0.786. The third-order valence-electron chi connectivity index (χ3n) is 4.38. The van der Waals surface area contributed by atoms with Crippen molar-refractivity contribution < 1.29 is 0 Å². The first-order valence-electron chi connectivity index (χ1n) is 7.83. The predicted molar refractivity (Wildman–Crippen MR) is 98.4 cm³/mol. The smallest absolute Gasteiger partial charge is 0.0512 e. The summed E-state index contributed by atoms with van der Waals surface area (Å²) < 4.78 is 2.32. The number of fused-ring (bicyclic) bond motifs is 3. The Bertz CT molecular complexity index is 925. The molecule has 4 aromatic rings. The van der Waals surface area contributed by atoms with Gasteiger partial charge >= 0.3 is 0 Å². The van der Waals surface area contributed by atoms with Gasteiger partial charge in [-0.3, -0.25) is 0 Å². The second kappa shape index (κ2) is 5.36. The number of aryl methyl sites for hydroxylation is 2. The average Bonchev–Trinajstić information content (AvgIpc) is 2.86. The van der Waals surface area contributed by atoms with E-state index >= 15 is 0 Å². The molecule has 0 unspecified atom stereocenters. The average molecular weight is 301 g/mol. The standard InChI is InChI=1S/C20H19N3/c21-15-6-8-17-18-9-7-16(22)13-20(18)23(19(17)12-15)11-10-14-4-2-1-3-5-14/h1-9,12-13H,10-11,21-22H2. The number of hydrogen-bond donors (Lipinski definition) is 2. The van der Waals surface area contributed by atoms with E-state index in [0.29, 0.717) is 0 Å². The number of anilines is 2. The topological polar surface area (TPSA) is 57.0 Å². The third-order valence-corrected chi connectivity index (χ3v) is 4.38. The zero-order valence-corrected chi connectivity index (χ0v) is 12.9. The molecule has 1 aromatic heterocycles. The molecular formula is C20H19N3. The van der Waals surface area contributed by atoms with Crippen LogP contribution in [0.5, 0.6) is 0 Å². The van der Waals surface area contributed by atoms with Gasteiger partial charge in [0.05, 0.1) is 11.0 Å². The monoisotopic (exact) mass is 301 g/mol. The van der Waals surface area contributed by atoms with Gasteiger partial charge in [-0.2, -0.15) is 0 Å². The summed E-state index contributed by atoms with van der Waals surface area (Å²) in [6.07, 6.45) is 0.976. The summed E-state index contributed by atoms with van der Waals surface area (Å²) in [6.45, 7) is 0.900. The fraction of sp³-hybridized carbons (Fsp3) is 0.100. The Morgan fingerprint density at radius 2 is 1.26 bits per heavy atom. The molecule has 0 spiro atoms. The highest BCUT2D eigenvalue weighted by atomic mass is 15.0. The highest BCUT2D eigenvalue weighted by Gasteiger charge is 2.11. The van der Waals surface area contributed by atoms with Crippen molar-refractivity contribution in [3.63, 3.8) is 0 Å². The lowest BCUT2D eigenvalue weighted by molar-refractivity contribution is 0.745. The number of hydrogen-bond acceptors (Lipinski definition) is 2. The normalized spacial score (nSPS) is 11.3. The Morgan fingerprint density at radius 3 is 1.83 bits per heavy atom. The summed E-state index contributed by atoms with van der Waals surface area (Å²) in [5, 5.41) is 2.45. The lowest BCUT2D eigenvalue weighted by Crippen LogP contribution is -2.01. The summed E-state index contributed by atoms with van der Waals surface area (Å²) >= 11 is 0. The molecule has 0 atom stereocenters. The van der Waals surface area contributed by atoms with Crippen LogP contribution < -0.4 is 11.5 Å².